The van der Waals surface area contributed by atoms with Gasteiger partial charge in [-0.15, -0.1) is 0 Å². The molecule has 2 saturated heterocycles. The summed E-state index contributed by atoms with van der Waals surface area (Å²) < 4.78 is 38.7. The maximum Gasteiger partial charge on any atom is 0.264 e. The van der Waals surface area contributed by atoms with Gasteiger partial charge in [0.2, 0.25) is 11.9 Å². The molecule has 0 aromatic carbocycles. The molecule has 2 fully saturated rings. The number of hydrogen-bond donors (Lipinski definition) is 0. The molecule has 4 atom stereocenters. The predicted octanol–water partition coefficient (Wildman–Crippen LogP) is 3.10. The second kappa shape index (κ2) is 8.96. The van der Waals surface area contributed by atoms with Gasteiger partial charge in [0.15, 0.2) is 5.82 Å². The normalized spacial score (nSPS) is 27.1. The van der Waals surface area contributed by atoms with Gasteiger partial charge in [-0.2, -0.15) is 15.0 Å². The quantitative estimate of drug-likeness (QED) is 0.727. The molecule has 0 radical (unpaired) electrons. The van der Waals surface area contributed by atoms with Crippen LogP contribution in [0.5, 0.6) is 0 Å². The number of alkyl halides is 2. The number of hydrogen-bond acceptors (Lipinski definition) is 8. The lowest BCUT2D eigenvalue weighted by Gasteiger charge is -2.41. The van der Waals surface area contributed by atoms with Crippen LogP contribution in [0.3, 0.4) is 0 Å². The van der Waals surface area contributed by atoms with Crippen LogP contribution < -0.4 is 9.80 Å². The van der Waals surface area contributed by atoms with Gasteiger partial charge in [0.1, 0.15) is 0 Å². The number of pyridine rings is 1. The number of halogens is 2. The van der Waals surface area contributed by atoms with Gasteiger partial charge in [0, 0.05) is 23.5 Å². The molecule has 2 aromatic rings. The Bertz CT molecular complexity index is 853. The average molecular weight is 434 g/mol. The molecule has 0 aliphatic carbocycles. The lowest BCUT2D eigenvalue weighted by molar-refractivity contribution is 0.0733. The standard InChI is InChI=1S/C21H28F2N6O2/c1-12-8-30-9-13(2)28(12)20-25-19(17-7-24-6-5-16(17)18(22)23)26-21(27-20)29-14(3)10-31-11-15(29)4/h5-7,12-15,18H,8-11H2,1-4H3/t12-,13+,14-,15+. The molecule has 0 amide bonds. The topological polar surface area (TPSA) is 76.5 Å². The van der Waals surface area contributed by atoms with Crippen LogP contribution in [0.4, 0.5) is 20.7 Å². The summed E-state index contributed by atoms with van der Waals surface area (Å²) in [6, 6.07) is 1.46. The van der Waals surface area contributed by atoms with E-state index in [1.165, 1.54) is 18.5 Å². The van der Waals surface area contributed by atoms with Crippen molar-refractivity contribution in [3.05, 3.63) is 24.0 Å². The molecule has 0 unspecified atom stereocenters. The van der Waals surface area contributed by atoms with Crippen molar-refractivity contribution in [2.75, 3.05) is 36.2 Å². The van der Waals surface area contributed by atoms with Crippen molar-refractivity contribution in [3.8, 4) is 11.4 Å². The second-order valence-electron chi connectivity index (χ2n) is 8.31. The first-order valence-corrected chi connectivity index (χ1v) is 10.6. The van der Waals surface area contributed by atoms with E-state index in [1.54, 1.807) is 0 Å². The van der Waals surface area contributed by atoms with Gasteiger partial charge in [-0.05, 0) is 33.8 Å². The third-order valence-corrected chi connectivity index (χ3v) is 5.74. The highest BCUT2D eigenvalue weighted by Gasteiger charge is 2.33. The minimum atomic E-state index is -2.66. The number of aromatic nitrogens is 4. The summed E-state index contributed by atoms with van der Waals surface area (Å²) in [4.78, 5) is 22.3. The SMILES string of the molecule is C[C@@H]1COC[C@H](C)N1c1nc(-c2cnccc2C(F)F)nc(N2[C@H](C)COC[C@@H]2C)n1. The largest absolute Gasteiger partial charge is 0.377 e. The van der Waals surface area contributed by atoms with Crippen LogP contribution >= 0.6 is 0 Å². The zero-order chi connectivity index (χ0) is 22.1. The number of rotatable bonds is 4. The Labute approximate surface area is 180 Å². The van der Waals surface area contributed by atoms with Gasteiger partial charge in [-0.1, -0.05) is 0 Å². The first-order valence-electron chi connectivity index (χ1n) is 10.6. The zero-order valence-electron chi connectivity index (χ0n) is 18.2. The van der Waals surface area contributed by atoms with Crippen LogP contribution in [0.2, 0.25) is 0 Å². The molecule has 0 bridgehead atoms. The van der Waals surface area contributed by atoms with E-state index in [1.807, 2.05) is 27.7 Å². The number of nitrogens with zero attached hydrogens (tertiary/aromatic N) is 6. The first kappa shape index (κ1) is 21.8. The molecule has 0 saturated carbocycles. The summed E-state index contributed by atoms with van der Waals surface area (Å²) >= 11 is 0. The fourth-order valence-corrected chi connectivity index (χ4v) is 4.28. The number of ether oxygens (including phenoxy) is 2. The fraction of sp³-hybridized carbons (Fsp3) is 0.619. The lowest BCUT2D eigenvalue weighted by atomic mass is 10.1. The van der Waals surface area contributed by atoms with E-state index in [-0.39, 0.29) is 41.1 Å². The maximum absolute atomic E-state index is 13.7. The molecule has 4 rings (SSSR count). The molecule has 8 nitrogen and oxygen atoms in total. The van der Waals surface area contributed by atoms with Crippen molar-refractivity contribution in [2.24, 2.45) is 0 Å². The molecular formula is C21H28F2N6O2. The summed E-state index contributed by atoms with van der Waals surface area (Å²) in [6.45, 7) is 10.3. The molecule has 0 spiro atoms. The highest BCUT2D eigenvalue weighted by molar-refractivity contribution is 5.62. The summed E-state index contributed by atoms with van der Waals surface area (Å²) in [6.07, 6.45) is 0.0822. The Morgan fingerprint density at radius 1 is 0.839 bits per heavy atom. The van der Waals surface area contributed by atoms with Crippen molar-refractivity contribution in [2.45, 2.75) is 58.3 Å². The Balaban J connectivity index is 1.87. The Morgan fingerprint density at radius 2 is 1.32 bits per heavy atom. The molecular weight excluding hydrogens is 406 g/mol. The van der Waals surface area contributed by atoms with Gasteiger partial charge in [0.05, 0.1) is 50.6 Å². The molecule has 168 valence electrons. The minimum Gasteiger partial charge on any atom is -0.377 e. The van der Waals surface area contributed by atoms with E-state index in [9.17, 15) is 8.78 Å². The number of morpholine rings is 2. The highest BCUT2D eigenvalue weighted by Crippen LogP contribution is 2.32. The summed E-state index contributed by atoms with van der Waals surface area (Å²) in [5, 5.41) is 0. The van der Waals surface area contributed by atoms with Crippen LogP contribution in [0.1, 0.15) is 39.7 Å². The van der Waals surface area contributed by atoms with Crippen molar-refractivity contribution in [1.29, 1.82) is 0 Å². The molecule has 2 aliphatic rings. The van der Waals surface area contributed by atoms with Crippen LogP contribution in [0.15, 0.2) is 18.5 Å². The smallest absolute Gasteiger partial charge is 0.264 e. The predicted molar refractivity (Wildman–Crippen MR) is 112 cm³/mol. The van der Waals surface area contributed by atoms with Crippen LogP contribution in [-0.4, -0.2) is 70.5 Å². The third-order valence-electron chi connectivity index (χ3n) is 5.74. The van der Waals surface area contributed by atoms with Crippen molar-refractivity contribution >= 4 is 11.9 Å². The lowest BCUT2D eigenvalue weighted by Crippen LogP contribution is -2.52. The van der Waals surface area contributed by atoms with E-state index in [4.69, 9.17) is 14.5 Å². The fourth-order valence-electron chi connectivity index (χ4n) is 4.28. The molecule has 4 heterocycles. The van der Waals surface area contributed by atoms with Gasteiger partial charge in [-0.25, -0.2) is 8.78 Å². The third kappa shape index (κ3) is 4.31. The Hall–Kier alpha value is -2.46. The Morgan fingerprint density at radius 3 is 1.77 bits per heavy atom. The van der Waals surface area contributed by atoms with E-state index < -0.39 is 6.43 Å². The van der Waals surface area contributed by atoms with Crippen LogP contribution in [0.25, 0.3) is 11.4 Å². The van der Waals surface area contributed by atoms with Gasteiger partial charge < -0.3 is 19.3 Å². The average Bonchev–Trinajstić information content (AvgIpc) is 2.73. The summed E-state index contributed by atoms with van der Waals surface area (Å²) in [5.41, 5.74) is 0.0637. The molecule has 2 aliphatic heterocycles. The Kier molecular flexibility index (Phi) is 6.29. The maximum atomic E-state index is 13.7. The van der Waals surface area contributed by atoms with Crippen molar-refractivity contribution in [3.63, 3.8) is 0 Å². The molecule has 10 heteroatoms. The van der Waals surface area contributed by atoms with Gasteiger partial charge >= 0.3 is 0 Å². The van der Waals surface area contributed by atoms with E-state index in [0.717, 1.165) is 0 Å². The van der Waals surface area contributed by atoms with Crippen LogP contribution in [-0.2, 0) is 9.47 Å². The highest BCUT2D eigenvalue weighted by atomic mass is 19.3. The monoisotopic (exact) mass is 434 g/mol. The van der Waals surface area contributed by atoms with Crippen LogP contribution in [0, 0.1) is 0 Å². The molecule has 0 N–H and O–H groups in total. The molecule has 2 aromatic heterocycles. The van der Waals surface area contributed by atoms with E-state index >= 15 is 0 Å². The van der Waals surface area contributed by atoms with Crippen molar-refractivity contribution in [1.82, 2.24) is 19.9 Å². The van der Waals surface area contributed by atoms with E-state index in [2.05, 4.69) is 24.8 Å². The number of anilines is 2. The minimum absolute atomic E-state index is 0.0369. The van der Waals surface area contributed by atoms with E-state index in [0.29, 0.717) is 38.3 Å². The summed E-state index contributed by atoms with van der Waals surface area (Å²) in [5.74, 6) is 1.11. The van der Waals surface area contributed by atoms with Gasteiger partial charge in [0.25, 0.3) is 6.43 Å². The van der Waals surface area contributed by atoms with Gasteiger partial charge in [-0.3, -0.25) is 4.98 Å². The molecule has 31 heavy (non-hydrogen) atoms. The van der Waals surface area contributed by atoms with Crippen molar-refractivity contribution < 1.29 is 18.3 Å². The first-order chi connectivity index (χ1) is 14.9. The second-order valence-corrected chi connectivity index (χ2v) is 8.31. The zero-order valence-corrected chi connectivity index (χ0v) is 18.2. The summed E-state index contributed by atoms with van der Waals surface area (Å²) in [7, 11) is 0.